The summed E-state index contributed by atoms with van der Waals surface area (Å²) >= 11 is 0. The quantitative estimate of drug-likeness (QED) is 0.490. The molecule has 7 heteroatoms. The summed E-state index contributed by atoms with van der Waals surface area (Å²) < 4.78 is 0. The van der Waals surface area contributed by atoms with E-state index in [1.165, 1.54) is 0 Å². The van der Waals surface area contributed by atoms with E-state index >= 15 is 0 Å². The fourth-order valence-corrected chi connectivity index (χ4v) is 2.54. The Hall–Kier alpha value is -1.79. The minimum absolute atomic E-state index is 0.0619. The molecular weight excluding hydrogens is 300 g/mol. The van der Waals surface area contributed by atoms with Crippen LogP contribution in [0.3, 0.4) is 0 Å². The van der Waals surface area contributed by atoms with E-state index in [-0.39, 0.29) is 23.2 Å². The van der Waals surface area contributed by atoms with Gasteiger partial charge in [0.2, 0.25) is 5.91 Å². The topological polar surface area (TPSA) is 116 Å². The van der Waals surface area contributed by atoms with Crippen molar-refractivity contribution in [3.8, 4) is 0 Å². The van der Waals surface area contributed by atoms with Crippen LogP contribution in [0.25, 0.3) is 0 Å². The molecule has 0 aliphatic rings. The highest BCUT2D eigenvalue weighted by molar-refractivity contribution is 5.78. The van der Waals surface area contributed by atoms with Crippen molar-refractivity contribution in [2.75, 3.05) is 13.1 Å². The lowest BCUT2D eigenvalue weighted by Gasteiger charge is -2.28. The van der Waals surface area contributed by atoms with Gasteiger partial charge in [0.1, 0.15) is 0 Å². The zero-order chi connectivity index (χ0) is 18.2. The molecule has 0 heterocycles. The molecule has 0 spiro atoms. The largest absolute Gasteiger partial charge is 0.481 e. The molecule has 0 saturated carbocycles. The molecule has 134 valence electrons. The molecule has 0 aromatic carbocycles. The highest BCUT2D eigenvalue weighted by atomic mass is 16.4. The summed E-state index contributed by atoms with van der Waals surface area (Å²) in [5, 5.41) is 22.7. The van der Waals surface area contributed by atoms with Crippen molar-refractivity contribution < 1.29 is 24.6 Å². The molecule has 0 fully saturated rings. The van der Waals surface area contributed by atoms with Crippen LogP contribution in [0.1, 0.15) is 47.5 Å². The lowest BCUT2D eigenvalue weighted by Crippen LogP contribution is -2.39. The lowest BCUT2D eigenvalue weighted by molar-refractivity contribution is -0.142. The van der Waals surface area contributed by atoms with E-state index in [0.717, 1.165) is 0 Å². The molecule has 0 aliphatic heterocycles. The summed E-state index contributed by atoms with van der Waals surface area (Å²) in [5.74, 6) is -1.55. The molecular formula is C16H30N2O5. The number of carbonyl (C=O) groups excluding carboxylic acids is 1. The van der Waals surface area contributed by atoms with Crippen LogP contribution in [0.15, 0.2) is 0 Å². The zero-order valence-corrected chi connectivity index (χ0v) is 14.7. The molecule has 3 atom stereocenters. The van der Waals surface area contributed by atoms with Crippen molar-refractivity contribution in [3.05, 3.63) is 0 Å². The van der Waals surface area contributed by atoms with Gasteiger partial charge in [-0.1, -0.05) is 34.6 Å². The first-order chi connectivity index (χ1) is 10.4. The molecule has 23 heavy (non-hydrogen) atoms. The number of hydrogen-bond donors (Lipinski definition) is 4. The monoisotopic (exact) mass is 330 g/mol. The van der Waals surface area contributed by atoms with Crippen molar-refractivity contribution >= 4 is 18.0 Å². The van der Waals surface area contributed by atoms with Crippen LogP contribution in [0.4, 0.5) is 4.79 Å². The smallest absolute Gasteiger partial charge is 0.404 e. The van der Waals surface area contributed by atoms with Crippen LogP contribution in [-0.2, 0) is 9.59 Å². The van der Waals surface area contributed by atoms with Gasteiger partial charge in [0, 0.05) is 19.0 Å². The standard InChI is InChI=1S/C16H30N2O5/c1-10(8-17-15(22)23)6-11(2)13(19)18-9-16(4,5)7-12(3)14(20)21/h10-12,17H,6-9H2,1-5H3,(H,18,19)(H,20,21)(H,22,23). The van der Waals surface area contributed by atoms with Crippen LogP contribution in [-0.4, -0.2) is 41.3 Å². The number of carboxylic acids is 1. The van der Waals surface area contributed by atoms with E-state index in [1.807, 2.05) is 20.8 Å². The second-order valence-electron chi connectivity index (χ2n) is 7.25. The van der Waals surface area contributed by atoms with Crippen molar-refractivity contribution in [3.63, 3.8) is 0 Å². The lowest BCUT2D eigenvalue weighted by atomic mass is 9.83. The minimum Gasteiger partial charge on any atom is -0.481 e. The number of hydrogen-bond acceptors (Lipinski definition) is 3. The fourth-order valence-electron chi connectivity index (χ4n) is 2.54. The molecule has 0 bridgehead atoms. The van der Waals surface area contributed by atoms with E-state index < -0.39 is 18.0 Å². The molecule has 4 N–H and O–H groups in total. The predicted molar refractivity (Wildman–Crippen MR) is 87.2 cm³/mol. The van der Waals surface area contributed by atoms with E-state index in [1.54, 1.807) is 13.8 Å². The first-order valence-corrected chi connectivity index (χ1v) is 7.92. The van der Waals surface area contributed by atoms with Gasteiger partial charge in [0.05, 0.1) is 5.92 Å². The Morgan fingerprint density at radius 1 is 1.00 bits per heavy atom. The maximum atomic E-state index is 12.1. The van der Waals surface area contributed by atoms with Gasteiger partial charge in [-0.3, -0.25) is 9.59 Å². The third-order valence-corrected chi connectivity index (χ3v) is 3.83. The van der Waals surface area contributed by atoms with Crippen LogP contribution >= 0.6 is 0 Å². The van der Waals surface area contributed by atoms with Crippen molar-refractivity contribution in [2.24, 2.45) is 23.2 Å². The van der Waals surface area contributed by atoms with Crippen LogP contribution in [0.5, 0.6) is 0 Å². The number of rotatable bonds is 10. The summed E-state index contributed by atoms with van der Waals surface area (Å²) in [6.07, 6.45) is -0.00294. The zero-order valence-electron chi connectivity index (χ0n) is 14.7. The number of aliphatic carboxylic acids is 1. The summed E-state index contributed by atoms with van der Waals surface area (Å²) in [4.78, 5) is 33.5. The van der Waals surface area contributed by atoms with Gasteiger partial charge in [-0.15, -0.1) is 0 Å². The van der Waals surface area contributed by atoms with Gasteiger partial charge >= 0.3 is 12.1 Å². The van der Waals surface area contributed by atoms with Crippen molar-refractivity contribution in [2.45, 2.75) is 47.5 Å². The van der Waals surface area contributed by atoms with Crippen molar-refractivity contribution in [1.29, 1.82) is 0 Å². The van der Waals surface area contributed by atoms with Gasteiger partial charge in [-0.25, -0.2) is 4.79 Å². The van der Waals surface area contributed by atoms with Gasteiger partial charge in [0.25, 0.3) is 0 Å². The molecule has 0 rings (SSSR count). The Bertz CT molecular complexity index is 423. The molecule has 0 saturated heterocycles. The second-order valence-corrected chi connectivity index (χ2v) is 7.25. The van der Waals surface area contributed by atoms with Crippen molar-refractivity contribution in [1.82, 2.24) is 10.6 Å². The predicted octanol–water partition coefficient (Wildman–Crippen LogP) is 2.17. The molecule has 2 amide bonds. The van der Waals surface area contributed by atoms with Gasteiger partial charge in [-0.2, -0.15) is 0 Å². The van der Waals surface area contributed by atoms with E-state index in [2.05, 4.69) is 10.6 Å². The number of carboxylic acid groups (broad SMARTS) is 2. The first kappa shape index (κ1) is 21.2. The summed E-state index contributed by atoms with van der Waals surface area (Å²) in [6, 6.07) is 0. The van der Waals surface area contributed by atoms with Crippen LogP contribution in [0.2, 0.25) is 0 Å². The first-order valence-electron chi connectivity index (χ1n) is 7.92. The molecule has 7 nitrogen and oxygen atoms in total. The summed E-state index contributed by atoms with van der Waals surface area (Å²) in [5.41, 5.74) is -0.302. The molecule has 3 unspecified atom stereocenters. The third-order valence-electron chi connectivity index (χ3n) is 3.83. The summed E-state index contributed by atoms with van der Waals surface area (Å²) in [7, 11) is 0. The highest BCUT2D eigenvalue weighted by Crippen LogP contribution is 2.25. The highest BCUT2D eigenvalue weighted by Gasteiger charge is 2.26. The Labute approximate surface area is 137 Å². The Kier molecular flexibility index (Phi) is 8.64. The van der Waals surface area contributed by atoms with E-state index in [9.17, 15) is 14.4 Å². The second kappa shape index (κ2) is 9.37. The normalized spacial score (nSPS) is 15.3. The molecule has 0 aromatic rings. The van der Waals surface area contributed by atoms with Gasteiger partial charge < -0.3 is 20.8 Å². The Balaban J connectivity index is 4.26. The Morgan fingerprint density at radius 2 is 1.57 bits per heavy atom. The van der Waals surface area contributed by atoms with Gasteiger partial charge in [-0.05, 0) is 24.2 Å². The van der Waals surface area contributed by atoms with E-state index in [0.29, 0.717) is 25.9 Å². The molecule has 0 aliphatic carbocycles. The average Bonchev–Trinajstić information content (AvgIpc) is 2.41. The number of nitrogens with one attached hydrogen (secondary N) is 2. The number of amides is 2. The Morgan fingerprint density at radius 3 is 2.04 bits per heavy atom. The molecule has 0 aromatic heterocycles. The van der Waals surface area contributed by atoms with Crippen LogP contribution in [0, 0.1) is 23.2 Å². The average molecular weight is 330 g/mol. The number of carbonyl (C=O) groups is 3. The molecule has 0 radical (unpaired) electrons. The maximum absolute atomic E-state index is 12.1. The minimum atomic E-state index is -1.07. The van der Waals surface area contributed by atoms with E-state index in [4.69, 9.17) is 10.2 Å². The van der Waals surface area contributed by atoms with Gasteiger partial charge in [0.15, 0.2) is 0 Å². The van der Waals surface area contributed by atoms with Crippen LogP contribution < -0.4 is 10.6 Å². The summed E-state index contributed by atoms with van der Waals surface area (Å²) in [6.45, 7) is 9.93. The third kappa shape index (κ3) is 9.76. The maximum Gasteiger partial charge on any atom is 0.404 e. The SMILES string of the molecule is CC(CNC(=O)O)CC(C)C(=O)NCC(C)(C)CC(C)C(=O)O. The fraction of sp³-hybridized carbons (Fsp3) is 0.812.